The lowest BCUT2D eigenvalue weighted by atomic mass is 9.66. The van der Waals surface area contributed by atoms with Gasteiger partial charge in [0.1, 0.15) is 0 Å². The zero-order valence-electron chi connectivity index (χ0n) is 43.6. The number of anilines is 3. The third-order valence-corrected chi connectivity index (χ3v) is 16.8. The first-order chi connectivity index (χ1) is 39.3. The third-order valence-electron chi connectivity index (χ3n) is 16.8. The van der Waals surface area contributed by atoms with Crippen molar-refractivity contribution in [2.75, 3.05) is 4.90 Å². The molecule has 0 spiro atoms. The van der Waals surface area contributed by atoms with Gasteiger partial charge in [-0.15, -0.1) is 0 Å². The lowest BCUT2D eigenvalue weighted by Gasteiger charge is -2.36. The molecule has 2 nitrogen and oxygen atoms in total. The minimum absolute atomic E-state index is 0.0297. The molecule has 0 saturated heterocycles. The second kappa shape index (κ2) is 19.2. The van der Waals surface area contributed by atoms with Gasteiger partial charge in [-0.25, -0.2) is 0 Å². The van der Waals surface area contributed by atoms with E-state index in [1.807, 2.05) is 0 Å². The van der Waals surface area contributed by atoms with Crippen LogP contribution in [0.25, 0.3) is 77.2 Å². The molecule has 372 valence electrons. The van der Waals surface area contributed by atoms with E-state index in [-0.39, 0.29) is 5.92 Å². The second-order valence-electron chi connectivity index (χ2n) is 21.0. The van der Waals surface area contributed by atoms with Crippen molar-refractivity contribution in [2.24, 2.45) is 0 Å². The van der Waals surface area contributed by atoms with Gasteiger partial charge in [0.2, 0.25) is 0 Å². The molecule has 1 heterocycles. The SMILES string of the molecule is C1=CC2=C(c3ccccc3C2(c2ccccc2)c2ccccc2)C(c2ccccc2N(c2cccc(-c3cccc4c5ccccc5n(-c5ccccc5)c34)c2)c2ccccc2-c2cccc3cccc(-c4ccccc4)c23)C1. The van der Waals surface area contributed by atoms with E-state index >= 15 is 0 Å². The van der Waals surface area contributed by atoms with Gasteiger partial charge < -0.3 is 9.47 Å². The molecule has 0 amide bonds. The molecule has 13 aromatic rings. The number of aromatic nitrogens is 1. The Labute approximate surface area is 461 Å². The Morgan fingerprint density at radius 1 is 0.405 bits per heavy atom. The van der Waals surface area contributed by atoms with Crippen LogP contribution in [0, 0.1) is 0 Å². The Morgan fingerprint density at radius 2 is 0.962 bits per heavy atom. The van der Waals surface area contributed by atoms with Crippen molar-refractivity contribution in [2.45, 2.75) is 17.8 Å². The molecule has 12 aromatic carbocycles. The molecule has 0 bridgehead atoms. The summed E-state index contributed by atoms with van der Waals surface area (Å²) in [6.07, 6.45) is 5.75. The molecule has 0 N–H and O–H groups in total. The highest BCUT2D eigenvalue weighted by Crippen LogP contribution is 2.61. The Hall–Kier alpha value is -10.0. The van der Waals surface area contributed by atoms with Crippen molar-refractivity contribution in [3.63, 3.8) is 0 Å². The van der Waals surface area contributed by atoms with Crippen LogP contribution in [0.3, 0.4) is 0 Å². The van der Waals surface area contributed by atoms with Crippen molar-refractivity contribution in [1.82, 2.24) is 4.57 Å². The summed E-state index contributed by atoms with van der Waals surface area (Å²) in [6, 6.07) is 110. The molecule has 2 aliphatic rings. The number of nitrogens with zero attached hydrogens (tertiary/aromatic N) is 2. The molecule has 0 saturated carbocycles. The highest BCUT2D eigenvalue weighted by atomic mass is 15.1. The Bertz CT molecular complexity index is 4460. The summed E-state index contributed by atoms with van der Waals surface area (Å²) in [5.74, 6) is 0.0297. The van der Waals surface area contributed by atoms with Gasteiger partial charge in [0, 0.05) is 44.9 Å². The number of fused-ring (bicyclic) bond motifs is 6. The van der Waals surface area contributed by atoms with Crippen LogP contribution in [-0.4, -0.2) is 4.57 Å². The average molecular weight is 1010 g/mol. The molecule has 2 aliphatic carbocycles. The van der Waals surface area contributed by atoms with Crippen LogP contribution in [-0.2, 0) is 5.41 Å². The van der Waals surface area contributed by atoms with Crippen molar-refractivity contribution in [1.29, 1.82) is 0 Å². The Morgan fingerprint density at radius 3 is 1.73 bits per heavy atom. The molecule has 1 aromatic heterocycles. The summed E-state index contributed by atoms with van der Waals surface area (Å²) in [5, 5.41) is 4.91. The number of rotatable bonds is 10. The predicted molar refractivity (Wildman–Crippen MR) is 332 cm³/mol. The average Bonchev–Trinajstić information content (AvgIpc) is 4.15. The lowest BCUT2D eigenvalue weighted by molar-refractivity contribution is 0.750. The maximum Gasteiger partial charge on any atom is 0.0710 e. The van der Waals surface area contributed by atoms with Crippen LogP contribution in [0.1, 0.15) is 40.2 Å². The number of allylic oxidation sites excluding steroid dienone is 4. The van der Waals surface area contributed by atoms with Crippen molar-refractivity contribution < 1.29 is 0 Å². The van der Waals surface area contributed by atoms with Crippen LogP contribution in [0.4, 0.5) is 17.1 Å². The van der Waals surface area contributed by atoms with Gasteiger partial charge in [-0.1, -0.05) is 267 Å². The van der Waals surface area contributed by atoms with Crippen LogP contribution in [0.15, 0.2) is 315 Å². The fraction of sp³-hybridized carbons (Fsp3) is 0.0390. The molecule has 15 rings (SSSR count). The maximum absolute atomic E-state index is 2.58. The van der Waals surface area contributed by atoms with E-state index in [1.54, 1.807) is 0 Å². The largest absolute Gasteiger partial charge is 0.310 e. The standard InChI is InChI=1S/C77H54N2/c1-5-26-53(27-6-1)60-42-22-28-54-29-23-44-65(74(54)60)62-38-14-18-49-71(62)78(59-37-21-30-55(52-59)61-43-24-46-67-64-40-16-20-51-73(64)79(76(61)67)58-35-11-4-12-36-58)72-50-19-15-39-63(72)66-45-25-48-70-75(66)68-41-13-17-47-69(68)77(70,56-31-7-2-8-32-56)57-33-9-3-10-34-57/h1-44,46-52,66H,45H2. The van der Waals surface area contributed by atoms with E-state index in [9.17, 15) is 0 Å². The summed E-state index contributed by atoms with van der Waals surface area (Å²) in [5.41, 5.74) is 22.6. The van der Waals surface area contributed by atoms with Gasteiger partial charge in [0.05, 0.1) is 22.1 Å². The van der Waals surface area contributed by atoms with E-state index in [0.29, 0.717) is 0 Å². The number of hydrogen-bond donors (Lipinski definition) is 0. The van der Waals surface area contributed by atoms with Gasteiger partial charge in [0.25, 0.3) is 0 Å². The summed E-state index contributed by atoms with van der Waals surface area (Å²) in [4.78, 5) is 2.58. The van der Waals surface area contributed by atoms with Crippen LogP contribution in [0.2, 0.25) is 0 Å². The summed E-state index contributed by atoms with van der Waals surface area (Å²) in [6.45, 7) is 0. The summed E-state index contributed by atoms with van der Waals surface area (Å²) < 4.78 is 2.45. The molecule has 0 fully saturated rings. The quantitative estimate of drug-likeness (QED) is 0.133. The first kappa shape index (κ1) is 46.3. The molecule has 0 aliphatic heterocycles. The second-order valence-corrected chi connectivity index (χ2v) is 21.0. The normalized spacial score (nSPS) is 14.4. The maximum atomic E-state index is 2.58. The van der Waals surface area contributed by atoms with Gasteiger partial charge in [-0.05, 0) is 121 Å². The minimum Gasteiger partial charge on any atom is -0.310 e. The van der Waals surface area contributed by atoms with Gasteiger partial charge in [-0.2, -0.15) is 0 Å². The predicted octanol–water partition coefficient (Wildman–Crippen LogP) is 20.3. The Balaban J connectivity index is 0.992. The molecule has 1 unspecified atom stereocenters. The highest BCUT2D eigenvalue weighted by molar-refractivity contribution is 6.14. The zero-order chi connectivity index (χ0) is 52.3. The molecular weight excluding hydrogens is 953 g/mol. The fourth-order valence-electron chi connectivity index (χ4n) is 13.6. The summed E-state index contributed by atoms with van der Waals surface area (Å²) in [7, 11) is 0. The van der Waals surface area contributed by atoms with E-state index in [1.165, 1.54) is 93.8 Å². The first-order valence-electron chi connectivity index (χ1n) is 27.6. The number of benzene rings is 12. The topological polar surface area (TPSA) is 8.17 Å². The van der Waals surface area contributed by atoms with E-state index in [2.05, 4.69) is 319 Å². The van der Waals surface area contributed by atoms with Crippen molar-refractivity contribution >= 4 is 55.2 Å². The van der Waals surface area contributed by atoms with Gasteiger partial charge in [0.15, 0.2) is 0 Å². The van der Waals surface area contributed by atoms with Gasteiger partial charge >= 0.3 is 0 Å². The third kappa shape index (κ3) is 7.40. The first-order valence-corrected chi connectivity index (χ1v) is 27.6. The molecule has 79 heavy (non-hydrogen) atoms. The van der Waals surface area contributed by atoms with E-state index in [0.717, 1.165) is 40.3 Å². The molecule has 0 radical (unpaired) electrons. The fourth-order valence-corrected chi connectivity index (χ4v) is 13.6. The smallest absolute Gasteiger partial charge is 0.0710 e. The minimum atomic E-state index is -0.507. The van der Waals surface area contributed by atoms with Gasteiger partial charge in [-0.3, -0.25) is 0 Å². The lowest BCUT2D eigenvalue weighted by Crippen LogP contribution is -2.29. The molecule has 1 atom stereocenters. The molecular formula is C77H54N2. The number of para-hydroxylation sites is 5. The van der Waals surface area contributed by atoms with Crippen LogP contribution < -0.4 is 4.90 Å². The van der Waals surface area contributed by atoms with E-state index in [4.69, 9.17) is 0 Å². The van der Waals surface area contributed by atoms with Crippen LogP contribution >= 0.6 is 0 Å². The van der Waals surface area contributed by atoms with E-state index < -0.39 is 5.41 Å². The highest BCUT2D eigenvalue weighted by Gasteiger charge is 2.49. The monoisotopic (exact) mass is 1010 g/mol. The van der Waals surface area contributed by atoms with Crippen LogP contribution in [0.5, 0.6) is 0 Å². The summed E-state index contributed by atoms with van der Waals surface area (Å²) >= 11 is 0. The molecule has 2 heteroatoms. The zero-order valence-corrected chi connectivity index (χ0v) is 43.6. The Kier molecular flexibility index (Phi) is 11.3. The van der Waals surface area contributed by atoms with Crippen molar-refractivity contribution in [3.8, 4) is 39.1 Å². The number of hydrogen-bond acceptors (Lipinski definition) is 1. The van der Waals surface area contributed by atoms with Crippen molar-refractivity contribution in [3.05, 3.63) is 343 Å².